The lowest BCUT2D eigenvalue weighted by Crippen LogP contribution is -2.49. The topological polar surface area (TPSA) is 61.7 Å². The zero-order valence-corrected chi connectivity index (χ0v) is 17.6. The highest BCUT2D eigenvalue weighted by atomic mass is 16.5. The van der Waals surface area contributed by atoms with Gasteiger partial charge in [0, 0.05) is 43.9 Å². The minimum atomic E-state index is -0.530. The van der Waals surface area contributed by atoms with E-state index in [4.69, 9.17) is 4.74 Å². The van der Waals surface area contributed by atoms with Crippen molar-refractivity contribution in [3.05, 3.63) is 54.9 Å². The van der Waals surface area contributed by atoms with Crippen LogP contribution in [0.4, 0.5) is 0 Å². The minimum absolute atomic E-state index is 0.263. The fourth-order valence-corrected chi connectivity index (χ4v) is 4.16. The molecule has 0 aliphatic carbocycles. The van der Waals surface area contributed by atoms with Crippen LogP contribution in [0, 0.1) is 0 Å². The minimum Gasteiger partial charge on any atom is -0.490 e. The highest BCUT2D eigenvalue weighted by molar-refractivity contribution is 5.99. The number of hydrogen-bond acceptors (Lipinski definition) is 6. The van der Waals surface area contributed by atoms with Crippen molar-refractivity contribution in [2.45, 2.75) is 19.4 Å². The molecular weight excluding hydrogens is 376 g/mol. The molecule has 2 heterocycles. The second-order valence-electron chi connectivity index (χ2n) is 7.90. The van der Waals surface area contributed by atoms with E-state index in [1.165, 1.54) is 6.42 Å². The van der Waals surface area contributed by atoms with E-state index in [0.717, 1.165) is 60.4 Å². The molecule has 1 saturated heterocycles. The van der Waals surface area contributed by atoms with E-state index in [9.17, 15) is 5.11 Å². The van der Waals surface area contributed by atoms with E-state index >= 15 is 0 Å². The van der Waals surface area contributed by atoms with Crippen LogP contribution in [-0.2, 0) is 0 Å². The lowest BCUT2D eigenvalue weighted by molar-refractivity contribution is 0.0463. The molecule has 3 aromatic rings. The van der Waals surface area contributed by atoms with Gasteiger partial charge in [-0.3, -0.25) is 4.90 Å². The van der Waals surface area contributed by atoms with Crippen molar-refractivity contribution in [1.82, 2.24) is 20.0 Å². The van der Waals surface area contributed by atoms with Gasteiger partial charge in [0.05, 0.1) is 12.4 Å². The summed E-state index contributed by atoms with van der Waals surface area (Å²) < 4.78 is 6.13. The summed E-state index contributed by atoms with van der Waals surface area (Å²) in [7, 11) is 0. The Morgan fingerprint density at radius 3 is 2.57 bits per heavy atom. The molecule has 2 aromatic carbocycles. The van der Waals surface area contributed by atoms with Crippen LogP contribution in [0.5, 0.6) is 5.75 Å². The van der Waals surface area contributed by atoms with Gasteiger partial charge in [0.25, 0.3) is 0 Å². The molecule has 1 unspecified atom stereocenters. The number of rotatable bonds is 8. The van der Waals surface area contributed by atoms with Crippen molar-refractivity contribution in [1.29, 1.82) is 0 Å². The summed E-state index contributed by atoms with van der Waals surface area (Å²) in [4.78, 5) is 4.82. The lowest BCUT2D eigenvalue weighted by Gasteiger charge is -2.35. The number of ether oxygens (including phenoxy) is 1. The summed E-state index contributed by atoms with van der Waals surface area (Å²) >= 11 is 0. The third kappa shape index (κ3) is 4.95. The van der Waals surface area contributed by atoms with Crippen molar-refractivity contribution in [3.8, 4) is 16.9 Å². The summed E-state index contributed by atoms with van der Waals surface area (Å²) in [6, 6.07) is 14.2. The predicted molar refractivity (Wildman–Crippen MR) is 120 cm³/mol. The van der Waals surface area contributed by atoms with Gasteiger partial charge in [0.2, 0.25) is 0 Å². The van der Waals surface area contributed by atoms with Crippen LogP contribution in [-0.4, -0.2) is 77.1 Å². The van der Waals surface area contributed by atoms with Crippen LogP contribution in [0.25, 0.3) is 21.9 Å². The first-order chi connectivity index (χ1) is 14.7. The van der Waals surface area contributed by atoms with Gasteiger partial charge in [-0.05, 0) is 35.9 Å². The van der Waals surface area contributed by atoms with Gasteiger partial charge in [-0.2, -0.15) is 10.2 Å². The highest BCUT2D eigenvalue weighted by Crippen LogP contribution is 2.36. The standard InChI is InChI=1S/C24H30N4O2/c1-2-11-27-12-14-28(15-13-27)17-21(29)18-30-23-8-7-19-5-3-4-6-22(19)24(23)20-9-10-25-26-16-20/h3-10,16,21,29H,2,11-15,17-18H2,1H3. The number of fused-ring (bicyclic) bond motifs is 1. The number of hydrogen-bond donors (Lipinski definition) is 1. The molecule has 0 bridgehead atoms. The molecule has 0 saturated carbocycles. The molecule has 0 radical (unpaired) electrons. The first-order valence-electron chi connectivity index (χ1n) is 10.8. The van der Waals surface area contributed by atoms with Gasteiger partial charge in [0.15, 0.2) is 0 Å². The molecule has 6 nitrogen and oxygen atoms in total. The van der Waals surface area contributed by atoms with Crippen molar-refractivity contribution >= 4 is 10.8 Å². The van der Waals surface area contributed by atoms with E-state index < -0.39 is 6.10 Å². The molecule has 1 aromatic heterocycles. The lowest BCUT2D eigenvalue weighted by atomic mass is 9.98. The first kappa shape index (κ1) is 20.7. The van der Waals surface area contributed by atoms with Gasteiger partial charge in [-0.15, -0.1) is 0 Å². The summed E-state index contributed by atoms with van der Waals surface area (Å²) in [6.07, 6.45) is 4.10. The molecule has 4 rings (SSSR count). The van der Waals surface area contributed by atoms with Crippen LogP contribution in [0.2, 0.25) is 0 Å². The summed E-state index contributed by atoms with van der Waals surface area (Å²) in [5.74, 6) is 0.758. The van der Waals surface area contributed by atoms with Gasteiger partial charge in [-0.1, -0.05) is 37.3 Å². The zero-order chi connectivity index (χ0) is 20.8. The van der Waals surface area contributed by atoms with Crippen LogP contribution < -0.4 is 4.74 Å². The average Bonchev–Trinajstić information content (AvgIpc) is 2.79. The Kier molecular flexibility index (Phi) is 6.89. The van der Waals surface area contributed by atoms with Gasteiger partial charge < -0.3 is 14.7 Å². The largest absolute Gasteiger partial charge is 0.490 e. The molecule has 1 aliphatic rings. The Labute approximate surface area is 178 Å². The molecule has 6 heteroatoms. The van der Waals surface area contributed by atoms with E-state index in [1.807, 2.05) is 24.3 Å². The third-order valence-electron chi connectivity index (χ3n) is 5.67. The molecule has 1 aliphatic heterocycles. The Hall–Kier alpha value is -2.54. The normalized spacial score (nSPS) is 16.6. The molecule has 30 heavy (non-hydrogen) atoms. The van der Waals surface area contributed by atoms with E-state index in [2.05, 4.69) is 45.1 Å². The Balaban J connectivity index is 1.44. The van der Waals surface area contributed by atoms with E-state index in [0.29, 0.717) is 6.54 Å². The molecule has 0 amide bonds. The number of nitrogens with zero attached hydrogens (tertiary/aromatic N) is 4. The molecule has 1 fully saturated rings. The molecule has 158 valence electrons. The smallest absolute Gasteiger partial charge is 0.127 e. The zero-order valence-electron chi connectivity index (χ0n) is 17.6. The number of aliphatic hydroxyl groups excluding tert-OH is 1. The number of piperazine rings is 1. The van der Waals surface area contributed by atoms with Gasteiger partial charge in [-0.25, -0.2) is 0 Å². The van der Waals surface area contributed by atoms with Crippen molar-refractivity contribution in [2.75, 3.05) is 45.9 Å². The maximum absolute atomic E-state index is 10.6. The van der Waals surface area contributed by atoms with E-state index in [1.54, 1.807) is 12.4 Å². The fourth-order valence-electron chi connectivity index (χ4n) is 4.16. The average molecular weight is 407 g/mol. The Bertz CT molecular complexity index is 942. The molecule has 0 spiro atoms. The molecule has 1 N–H and O–H groups in total. The third-order valence-corrected chi connectivity index (χ3v) is 5.67. The van der Waals surface area contributed by atoms with Crippen LogP contribution >= 0.6 is 0 Å². The second kappa shape index (κ2) is 9.98. The predicted octanol–water partition coefficient (Wildman–Crippen LogP) is 3.06. The SMILES string of the molecule is CCCN1CCN(CC(O)COc2ccc3ccccc3c2-c2ccnnc2)CC1. The Morgan fingerprint density at radius 2 is 1.80 bits per heavy atom. The first-order valence-corrected chi connectivity index (χ1v) is 10.8. The number of aliphatic hydroxyl groups is 1. The maximum atomic E-state index is 10.6. The Morgan fingerprint density at radius 1 is 1.00 bits per heavy atom. The quantitative estimate of drug-likeness (QED) is 0.620. The van der Waals surface area contributed by atoms with Crippen LogP contribution in [0.15, 0.2) is 54.9 Å². The maximum Gasteiger partial charge on any atom is 0.127 e. The molecule has 1 atom stereocenters. The number of benzene rings is 2. The van der Waals surface area contributed by atoms with Gasteiger partial charge >= 0.3 is 0 Å². The summed E-state index contributed by atoms with van der Waals surface area (Å²) in [5, 5.41) is 20.8. The molecular formula is C24H30N4O2. The summed E-state index contributed by atoms with van der Waals surface area (Å²) in [6.45, 7) is 8.43. The van der Waals surface area contributed by atoms with Crippen molar-refractivity contribution in [3.63, 3.8) is 0 Å². The van der Waals surface area contributed by atoms with Gasteiger partial charge in [0.1, 0.15) is 18.5 Å². The second-order valence-corrected chi connectivity index (χ2v) is 7.90. The van der Waals surface area contributed by atoms with Crippen molar-refractivity contribution < 1.29 is 9.84 Å². The fraction of sp³-hybridized carbons (Fsp3) is 0.417. The monoisotopic (exact) mass is 406 g/mol. The van der Waals surface area contributed by atoms with E-state index in [-0.39, 0.29) is 6.61 Å². The highest BCUT2D eigenvalue weighted by Gasteiger charge is 2.19. The number of β-amino-alcohol motifs (C(OH)–C–C–N with tert-alkyl or cyclic N) is 1. The summed E-state index contributed by atoms with van der Waals surface area (Å²) in [5.41, 5.74) is 1.95. The van der Waals surface area contributed by atoms with Crippen LogP contribution in [0.3, 0.4) is 0 Å². The van der Waals surface area contributed by atoms with Crippen LogP contribution in [0.1, 0.15) is 13.3 Å². The number of aromatic nitrogens is 2. The van der Waals surface area contributed by atoms with Crippen molar-refractivity contribution in [2.24, 2.45) is 0 Å².